The Balaban J connectivity index is 1.83. The summed E-state index contributed by atoms with van der Waals surface area (Å²) in [5.41, 5.74) is 2.99. The lowest BCUT2D eigenvalue weighted by molar-refractivity contribution is -0.156. The highest BCUT2D eigenvalue weighted by Gasteiger charge is 2.27. The zero-order valence-corrected chi connectivity index (χ0v) is 16.9. The van der Waals surface area contributed by atoms with Gasteiger partial charge in [0.25, 0.3) is 0 Å². The molecular formula is C22H27NO6. The van der Waals surface area contributed by atoms with Crippen molar-refractivity contribution < 1.29 is 28.9 Å². The Bertz CT molecular complexity index is 819. The molecular weight excluding hydrogens is 374 g/mol. The second-order valence-electron chi connectivity index (χ2n) is 6.38. The fraction of sp³-hybridized carbons (Fsp3) is 0.364. The topological polar surface area (TPSA) is 94.1 Å². The third-order valence-electron chi connectivity index (χ3n) is 4.50. The SMILES string of the molecule is CCc1ccc(OCCOc2ccc(CC(C(=O)O)C(=O)OC)cc2)cc1NC. The molecule has 2 aromatic rings. The Morgan fingerprint density at radius 2 is 1.66 bits per heavy atom. The highest BCUT2D eigenvalue weighted by molar-refractivity contribution is 5.94. The molecule has 29 heavy (non-hydrogen) atoms. The van der Waals surface area contributed by atoms with Crippen LogP contribution in [0.5, 0.6) is 11.5 Å². The number of esters is 1. The van der Waals surface area contributed by atoms with E-state index in [2.05, 4.69) is 17.0 Å². The van der Waals surface area contributed by atoms with Gasteiger partial charge in [-0.3, -0.25) is 9.59 Å². The van der Waals surface area contributed by atoms with Crippen molar-refractivity contribution in [3.05, 3.63) is 53.6 Å². The molecule has 7 nitrogen and oxygen atoms in total. The van der Waals surface area contributed by atoms with Crippen LogP contribution in [0.4, 0.5) is 5.69 Å². The number of benzene rings is 2. The molecule has 2 N–H and O–H groups in total. The predicted octanol–water partition coefficient (Wildman–Crippen LogP) is 3.16. The molecule has 0 heterocycles. The van der Waals surface area contributed by atoms with Crippen LogP contribution in [0.2, 0.25) is 0 Å². The average Bonchev–Trinajstić information content (AvgIpc) is 2.75. The van der Waals surface area contributed by atoms with Gasteiger partial charge in [-0.1, -0.05) is 25.1 Å². The van der Waals surface area contributed by atoms with Crippen LogP contribution < -0.4 is 14.8 Å². The number of methoxy groups -OCH3 is 1. The quantitative estimate of drug-likeness (QED) is 0.339. The van der Waals surface area contributed by atoms with Crippen molar-refractivity contribution in [2.24, 2.45) is 5.92 Å². The van der Waals surface area contributed by atoms with Crippen molar-refractivity contribution in [2.75, 3.05) is 32.7 Å². The molecule has 2 aromatic carbocycles. The number of ether oxygens (including phenoxy) is 3. The molecule has 7 heteroatoms. The summed E-state index contributed by atoms with van der Waals surface area (Å²) in [6.07, 6.45) is 1.01. The first-order valence-corrected chi connectivity index (χ1v) is 9.44. The second kappa shape index (κ2) is 10.9. The van der Waals surface area contributed by atoms with Crippen LogP contribution in [-0.4, -0.2) is 44.4 Å². The first-order chi connectivity index (χ1) is 14.0. The summed E-state index contributed by atoms with van der Waals surface area (Å²) in [5.74, 6) is -1.78. The minimum Gasteiger partial charge on any atom is -0.490 e. The first kappa shape index (κ1) is 22.1. The summed E-state index contributed by atoms with van der Waals surface area (Å²) in [6.45, 7) is 2.86. The minimum atomic E-state index is -1.22. The van der Waals surface area contributed by atoms with Gasteiger partial charge in [0, 0.05) is 18.8 Å². The predicted molar refractivity (Wildman–Crippen MR) is 110 cm³/mol. The summed E-state index contributed by atoms with van der Waals surface area (Å²) in [4.78, 5) is 22.7. The Morgan fingerprint density at radius 1 is 1.03 bits per heavy atom. The number of carboxylic acids is 1. The lowest BCUT2D eigenvalue weighted by Crippen LogP contribution is -2.27. The summed E-state index contributed by atoms with van der Waals surface area (Å²) in [6, 6.07) is 12.9. The fourth-order valence-corrected chi connectivity index (χ4v) is 2.88. The largest absolute Gasteiger partial charge is 0.490 e. The van der Waals surface area contributed by atoms with E-state index in [1.165, 1.54) is 12.7 Å². The highest BCUT2D eigenvalue weighted by Crippen LogP contribution is 2.23. The van der Waals surface area contributed by atoms with Gasteiger partial charge in [-0.2, -0.15) is 0 Å². The summed E-state index contributed by atoms with van der Waals surface area (Å²) >= 11 is 0. The van der Waals surface area contributed by atoms with E-state index in [1.54, 1.807) is 24.3 Å². The van der Waals surface area contributed by atoms with Crippen LogP contribution in [0.15, 0.2) is 42.5 Å². The molecule has 0 saturated carbocycles. The molecule has 0 aliphatic rings. The van der Waals surface area contributed by atoms with Crippen molar-refractivity contribution in [3.63, 3.8) is 0 Å². The number of anilines is 1. The second-order valence-corrected chi connectivity index (χ2v) is 6.38. The molecule has 0 saturated heterocycles. The van der Waals surface area contributed by atoms with Crippen molar-refractivity contribution in [1.82, 2.24) is 0 Å². The fourth-order valence-electron chi connectivity index (χ4n) is 2.88. The van der Waals surface area contributed by atoms with E-state index in [0.717, 1.165) is 17.9 Å². The van der Waals surface area contributed by atoms with Gasteiger partial charge in [0.05, 0.1) is 7.11 Å². The number of carbonyl (C=O) groups is 2. The third kappa shape index (κ3) is 6.41. The highest BCUT2D eigenvalue weighted by atomic mass is 16.5. The Hall–Kier alpha value is -3.22. The van der Waals surface area contributed by atoms with E-state index in [4.69, 9.17) is 14.6 Å². The van der Waals surface area contributed by atoms with Gasteiger partial charge in [-0.05, 0) is 42.2 Å². The van der Waals surface area contributed by atoms with Crippen LogP contribution in [0.25, 0.3) is 0 Å². The minimum absolute atomic E-state index is 0.0625. The number of rotatable bonds is 11. The van der Waals surface area contributed by atoms with Gasteiger partial charge in [0.15, 0.2) is 5.92 Å². The maximum absolute atomic E-state index is 11.5. The average molecular weight is 401 g/mol. The number of aryl methyl sites for hydroxylation is 1. The Morgan fingerprint density at radius 3 is 2.21 bits per heavy atom. The molecule has 0 aliphatic carbocycles. The number of hydrogen-bond acceptors (Lipinski definition) is 6. The van der Waals surface area contributed by atoms with Gasteiger partial charge in [0.1, 0.15) is 24.7 Å². The van der Waals surface area contributed by atoms with Gasteiger partial charge >= 0.3 is 11.9 Å². The molecule has 0 spiro atoms. The normalized spacial score (nSPS) is 11.4. The molecule has 0 bridgehead atoms. The van der Waals surface area contributed by atoms with Crippen LogP contribution in [0, 0.1) is 5.92 Å². The van der Waals surface area contributed by atoms with Crippen molar-refractivity contribution in [1.29, 1.82) is 0 Å². The van der Waals surface area contributed by atoms with Gasteiger partial charge < -0.3 is 24.6 Å². The Labute approximate surface area is 170 Å². The Kier molecular flexibility index (Phi) is 8.33. The molecule has 0 aliphatic heterocycles. The van der Waals surface area contributed by atoms with Crippen LogP contribution in [-0.2, 0) is 27.2 Å². The van der Waals surface area contributed by atoms with Crippen molar-refractivity contribution >= 4 is 17.6 Å². The lowest BCUT2D eigenvalue weighted by atomic mass is 9.99. The first-order valence-electron chi connectivity index (χ1n) is 9.44. The smallest absolute Gasteiger partial charge is 0.320 e. The molecule has 2 rings (SSSR count). The van der Waals surface area contributed by atoms with E-state index >= 15 is 0 Å². The molecule has 0 amide bonds. The maximum atomic E-state index is 11.5. The molecule has 1 atom stereocenters. The third-order valence-corrected chi connectivity index (χ3v) is 4.50. The van der Waals surface area contributed by atoms with Crippen LogP contribution >= 0.6 is 0 Å². The van der Waals surface area contributed by atoms with Gasteiger partial charge in [-0.15, -0.1) is 0 Å². The van der Waals surface area contributed by atoms with Gasteiger partial charge in [0.2, 0.25) is 0 Å². The standard InChI is InChI=1S/C22H27NO6/c1-4-16-7-10-18(14-20(16)23-2)29-12-11-28-17-8-5-15(6-9-17)13-19(21(24)25)22(26)27-3/h5-10,14,19,23H,4,11-13H2,1-3H3,(H,24,25). The van der Waals surface area contributed by atoms with Gasteiger partial charge in [-0.25, -0.2) is 0 Å². The maximum Gasteiger partial charge on any atom is 0.320 e. The monoisotopic (exact) mass is 401 g/mol. The number of carbonyl (C=O) groups excluding carboxylic acids is 1. The summed E-state index contributed by atoms with van der Waals surface area (Å²) < 4.78 is 15.9. The lowest BCUT2D eigenvalue weighted by Gasteiger charge is -2.13. The molecule has 1 unspecified atom stereocenters. The van der Waals surface area contributed by atoms with E-state index in [-0.39, 0.29) is 6.42 Å². The zero-order chi connectivity index (χ0) is 21.2. The van der Waals surface area contributed by atoms with Crippen LogP contribution in [0.3, 0.4) is 0 Å². The van der Waals surface area contributed by atoms with Crippen molar-refractivity contribution in [2.45, 2.75) is 19.8 Å². The molecule has 0 aromatic heterocycles. The van der Waals surface area contributed by atoms with Crippen molar-refractivity contribution in [3.8, 4) is 11.5 Å². The summed E-state index contributed by atoms with van der Waals surface area (Å²) in [5, 5.41) is 12.3. The number of nitrogens with one attached hydrogen (secondary N) is 1. The zero-order valence-electron chi connectivity index (χ0n) is 16.9. The van der Waals surface area contributed by atoms with E-state index < -0.39 is 17.9 Å². The number of aliphatic carboxylic acids is 1. The number of carboxylic acid groups (broad SMARTS) is 1. The molecule has 156 valence electrons. The van der Waals surface area contributed by atoms with E-state index in [9.17, 15) is 9.59 Å². The van der Waals surface area contributed by atoms with E-state index in [1.807, 2.05) is 25.2 Å². The number of hydrogen-bond donors (Lipinski definition) is 2. The van der Waals surface area contributed by atoms with Crippen LogP contribution in [0.1, 0.15) is 18.1 Å². The summed E-state index contributed by atoms with van der Waals surface area (Å²) in [7, 11) is 3.06. The molecule has 0 radical (unpaired) electrons. The van der Waals surface area contributed by atoms with E-state index in [0.29, 0.717) is 24.5 Å². The molecule has 0 fully saturated rings.